The van der Waals surface area contributed by atoms with Gasteiger partial charge in [-0.2, -0.15) is 4.37 Å². The van der Waals surface area contributed by atoms with Crippen molar-refractivity contribution in [1.29, 1.82) is 0 Å². The molecule has 2 aromatic heterocycles. The molecule has 0 aliphatic carbocycles. The lowest BCUT2D eigenvalue weighted by Gasteiger charge is -1.90. The number of nitrogens with zero attached hydrogens (tertiary/aromatic N) is 4. The molecule has 14 heavy (non-hydrogen) atoms. The summed E-state index contributed by atoms with van der Waals surface area (Å²) in [5.41, 5.74) is 1.06. The number of rotatable bonds is 2. The van der Waals surface area contributed by atoms with Crippen LogP contribution in [-0.2, 0) is 7.05 Å². The van der Waals surface area contributed by atoms with E-state index < -0.39 is 5.97 Å². The van der Waals surface area contributed by atoms with Gasteiger partial charge in [0.05, 0.1) is 6.20 Å². The number of aryl methyl sites for hydroxylation is 1. The van der Waals surface area contributed by atoms with Crippen molar-refractivity contribution in [2.75, 3.05) is 0 Å². The van der Waals surface area contributed by atoms with Gasteiger partial charge in [0.2, 0.25) is 0 Å². The molecule has 2 rings (SSSR count). The fourth-order valence-corrected chi connectivity index (χ4v) is 1.72. The first-order chi connectivity index (χ1) is 6.68. The zero-order valence-electron chi connectivity index (χ0n) is 7.21. The molecule has 6 nitrogen and oxygen atoms in total. The molecule has 0 saturated heterocycles. The molecule has 0 aromatic carbocycles. The molecule has 0 aliphatic rings. The zero-order valence-corrected chi connectivity index (χ0v) is 8.02. The van der Waals surface area contributed by atoms with Crippen LogP contribution in [-0.4, -0.2) is 30.4 Å². The molecule has 2 aromatic rings. The van der Waals surface area contributed by atoms with Gasteiger partial charge in [0.15, 0.2) is 5.69 Å². The van der Waals surface area contributed by atoms with Gasteiger partial charge < -0.3 is 5.11 Å². The highest BCUT2D eigenvalue weighted by atomic mass is 32.1. The van der Waals surface area contributed by atoms with Gasteiger partial charge in [0.25, 0.3) is 0 Å². The van der Waals surface area contributed by atoms with Gasteiger partial charge in [-0.1, -0.05) is 5.21 Å². The number of aromatic carboxylic acids is 1. The molecule has 0 amide bonds. The molecule has 0 saturated carbocycles. The molecular formula is C7H6N4O2S. The van der Waals surface area contributed by atoms with Crippen molar-refractivity contribution < 1.29 is 9.90 Å². The fourth-order valence-electron chi connectivity index (χ4n) is 1.04. The molecule has 0 spiro atoms. The van der Waals surface area contributed by atoms with Crippen LogP contribution in [0.4, 0.5) is 0 Å². The van der Waals surface area contributed by atoms with Crippen LogP contribution in [0.1, 0.15) is 10.5 Å². The number of carbonyl (C=O) groups is 1. The first-order valence-electron chi connectivity index (χ1n) is 3.73. The van der Waals surface area contributed by atoms with Crippen molar-refractivity contribution in [2.45, 2.75) is 0 Å². The van der Waals surface area contributed by atoms with E-state index in [-0.39, 0.29) is 5.69 Å². The van der Waals surface area contributed by atoms with E-state index >= 15 is 0 Å². The van der Waals surface area contributed by atoms with Crippen molar-refractivity contribution in [3.8, 4) is 11.3 Å². The standard InChI is InChI=1S/C7H6N4O2S/c1-11-2-5(8-10-11)4-3-14-9-6(4)7(12)13/h2-3H,1H3,(H,12,13). The van der Waals surface area contributed by atoms with E-state index in [1.165, 1.54) is 4.68 Å². The summed E-state index contributed by atoms with van der Waals surface area (Å²) in [7, 11) is 1.72. The highest BCUT2D eigenvalue weighted by molar-refractivity contribution is 7.04. The van der Waals surface area contributed by atoms with Crippen LogP contribution in [0.2, 0.25) is 0 Å². The van der Waals surface area contributed by atoms with Crippen LogP contribution in [0.15, 0.2) is 11.6 Å². The summed E-state index contributed by atoms with van der Waals surface area (Å²) in [6.07, 6.45) is 1.65. The highest BCUT2D eigenvalue weighted by Gasteiger charge is 2.16. The second kappa shape index (κ2) is 3.18. The van der Waals surface area contributed by atoms with E-state index in [1.807, 2.05) is 0 Å². The predicted octanol–water partition coefficient (Wildman–Crippen LogP) is 0.637. The zero-order chi connectivity index (χ0) is 10.1. The van der Waals surface area contributed by atoms with E-state index in [2.05, 4.69) is 14.7 Å². The Morgan fingerprint density at radius 1 is 1.64 bits per heavy atom. The second-order valence-electron chi connectivity index (χ2n) is 2.66. The van der Waals surface area contributed by atoms with Crippen LogP contribution in [0.25, 0.3) is 11.3 Å². The molecule has 0 atom stereocenters. The van der Waals surface area contributed by atoms with Crippen LogP contribution in [0, 0.1) is 0 Å². The first-order valence-corrected chi connectivity index (χ1v) is 4.56. The van der Waals surface area contributed by atoms with Gasteiger partial charge in [0, 0.05) is 18.0 Å². The molecule has 2 heterocycles. The molecule has 1 N–H and O–H groups in total. The number of aromatic nitrogens is 4. The van der Waals surface area contributed by atoms with Crippen LogP contribution in [0.3, 0.4) is 0 Å². The summed E-state index contributed by atoms with van der Waals surface area (Å²) in [4.78, 5) is 10.8. The minimum atomic E-state index is -1.05. The minimum Gasteiger partial charge on any atom is -0.476 e. The lowest BCUT2D eigenvalue weighted by atomic mass is 10.2. The normalized spacial score (nSPS) is 10.4. The van der Waals surface area contributed by atoms with Gasteiger partial charge in [-0.25, -0.2) is 4.79 Å². The van der Waals surface area contributed by atoms with Crippen molar-refractivity contribution in [1.82, 2.24) is 19.4 Å². The van der Waals surface area contributed by atoms with Gasteiger partial charge in [-0.05, 0) is 11.5 Å². The number of carboxylic acid groups (broad SMARTS) is 1. The third-order valence-electron chi connectivity index (χ3n) is 1.65. The maximum absolute atomic E-state index is 10.8. The first kappa shape index (κ1) is 8.82. The number of carboxylic acids is 1. The Balaban J connectivity index is 2.51. The van der Waals surface area contributed by atoms with E-state index in [1.54, 1.807) is 18.6 Å². The van der Waals surface area contributed by atoms with Crippen LogP contribution < -0.4 is 0 Å². The summed E-state index contributed by atoms with van der Waals surface area (Å²) in [5, 5.41) is 18.0. The third-order valence-corrected chi connectivity index (χ3v) is 2.28. The lowest BCUT2D eigenvalue weighted by molar-refractivity contribution is 0.0692. The van der Waals surface area contributed by atoms with Crippen molar-refractivity contribution in [3.63, 3.8) is 0 Å². The summed E-state index contributed by atoms with van der Waals surface area (Å²) in [5.74, 6) is -1.05. The average Bonchev–Trinajstić information content (AvgIpc) is 2.70. The summed E-state index contributed by atoms with van der Waals surface area (Å²) >= 11 is 1.09. The van der Waals surface area contributed by atoms with Gasteiger partial charge in [-0.15, -0.1) is 5.10 Å². The van der Waals surface area contributed by atoms with E-state index in [4.69, 9.17) is 5.11 Å². The molecule has 0 bridgehead atoms. The average molecular weight is 210 g/mol. The SMILES string of the molecule is Cn1cc(-c2csnc2C(=O)O)nn1. The Morgan fingerprint density at radius 2 is 2.43 bits per heavy atom. The summed E-state index contributed by atoms with van der Waals surface area (Å²) in [6, 6.07) is 0. The van der Waals surface area contributed by atoms with Gasteiger partial charge >= 0.3 is 5.97 Å². The Labute approximate surface area is 83.0 Å². The minimum absolute atomic E-state index is 0.0236. The topological polar surface area (TPSA) is 80.9 Å². The monoisotopic (exact) mass is 210 g/mol. The third kappa shape index (κ3) is 1.37. The molecule has 72 valence electrons. The summed E-state index contributed by atoms with van der Waals surface area (Å²) < 4.78 is 5.28. The quantitative estimate of drug-likeness (QED) is 0.786. The smallest absolute Gasteiger partial charge is 0.356 e. The predicted molar refractivity (Wildman–Crippen MR) is 49.1 cm³/mol. The Bertz CT molecular complexity index is 475. The maximum Gasteiger partial charge on any atom is 0.356 e. The fraction of sp³-hybridized carbons (Fsp3) is 0.143. The Kier molecular flexibility index (Phi) is 2.01. The van der Waals surface area contributed by atoms with Crippen LogP contribution >= 0.6 is 11.5 Å². The molecule has 0 unspecified atom stereocenters. The molecule has 0 aliphatic heterocycles. The van der Waals surface area contributed by atoms with Crippen molar-refractivity contribution in [3.05, 3.63) is 17.3 Å². The maximum atomic E-state index is 10.8. The molecule has 7 heteroatoms. The largest absolute Gasteiger partial charge is 0.476 e. The lowest BCUT2D eigenvalue weighted by Crippen LogP contribution is -1.98. The van der Waals surface area contributed by atoms with Crippen molar-refractivity contribution >= 4 is 17.5 Å². The van der Waals surface area contributed by atoms with E-state index in [9.17, 15) is 4.79 Å². The van der Waals surface area contributed by atoms with Gasteiger partial charge in [-0.3, -0.25) is 4.68 Å². The number of hydrogen-bond donors (Lipinski definition) is 1. The molecular weight excluding hydrogens is 204 g/mol. The molecule has 0 radical (unpaired) electrons. The van der Waals surface area contributed by atoms with Gasteiger partial charge in [0.1, 0.15) is 5.69 Å². The molecule has 0 fully saturated rings. The Hall–Kier alpha value is -1.76. The van der Waals surface area contributed by atoms with E-state index in [0.717, 1.165) is 11.5 Å². The van der Waals surface area contributed by atoms with E-state index in [0.29, 0.717) is 11.3 Å². The van der Waals surface area contributed by atoms with Crippen LogP contribution in [0.5, 0.6) is 0 Å². The highest BCUT2D eigenvalue weighted by Crippen LogP contribution is 2.22. The second-order valence-corrected chi connectivity index (χ2v) is 3.29. The Morgan fingerprint density at radius 3 is 3.00 bits per heavy atom. The summed E-state index contributed by atoms with van der Waals surface area (Å²) in [6.45, 7) is 0. The number of hydrogen-bond acceptors (Lipinski definition) is 5. The van der Waals surface area contributed by atoms with Crippen molar-refractivity contribution in [2.24, 2.45) is 7.05 Å².